The molecule has 1 unspecified atom stereocenters. The standard InChI is InChI=1S/C19H26N4O2/c1-13-7-6-8-16(11-13)17(22(4)5)18(24)20-9-10-23-15(3)12-14(2)21-19(23)25/h6-8,11-12,17H,9-10H2,1-5H3,(H,20,24). The lowest BCUT2D eigenvalue weighted by molar-refractivity contribution is -0.125. The zero-order chi connectivity index (χ0) is 18.6. The van der Waals surface area contributed by atoms with Crippen molar-refractivity contribution in [2.75, 3.05) is 20.6 Å². The van der Waals surface area contributed by atoms with Crippen molar-refractivity contribution < 1.29 is 4.79 Å². The number of nitrogens with zero attached hydrogens (tertiary/aromatic N) is 3. The molecule has 0 aliphatic heterocycles. The number of hydrogen-bond acceptors (Lipinski definition) is 4. The van der Waals surface area contributed by atoms with Crippen LogP contribution in [0.5, 0.6) is 0 Å². The van der Waals surface area contributed by atoms with Gasteiger partial charge in [-0.1, -0.05) is 29.8 Å². The molecule has 1 aromatic heterocycles. The molecular weight excluding hydrogens is 316 g/mol. The third-order valence-electron chi connectivity index (χ3n) is 4.10. The van der Waals surface area contributed by atoms with E-state index in [1.165, 1.54) is 0 Å². The lowest BCUT2D eigenvalue weighted by Gasteiger charge is -2.24. The number of likely N-dealkylation sites (N-methyl/N-ethyl adjacent to an activating group) is 1. The number of hydrogen-bond donors (Lipinski definition) is 1. The SMILES string of the molecule is Cc1cccc(C(C(=O)NCCn2c(C)cc(C)nc2=O)N(C)C)c1. The van der Waals surface area contributed by atoms with Gasteiger partial charge in [0.2, 0.25) is 5.91 Å². The van der Waals surface area contributed by atoms with E-state index in [9.17, 15) is 9.59 Å². The Kier molecular flexibility index (Phi) is 6.09. The summed E-state index contributed by atoms with van der Waals surface area (Å²) < 4.78 is 1.57. The van der Waals surface area contributed by atoms with E-state index in [4.69, 9.17) is 0 Å². The Morgan fingerprint density at radius 2 is 1.96 bits per heavy atom. The van der Waals surface area contributed by atoms with E-state index >= 15 is 0 Å². The molecule has 134 valence electrons. The molecular formula is C19H26N4O2. The third-order valence-corrected chi connectivity index (χ3v) is 4.10. The van der Waals surface area contributed by atoms with Crippen LogP contribution >= 0.6 is 0 Å². The van der Waals surface area contributed by atoms with Gasteiger partial charge in [-0.3, -0.25) is 14.3 Å². The fraction of sp³-hybridized carbons (Fsp3) is 0.421. The number of rotatable bonds is 6. The molecule has 6 nitrogen and oxygen atoms in total. The first-order valence-electron chi connectivity index (χ1n) is 8.35. The number of carbonyl (C=O) groups is 1. The monoisotopic (exact) mass is 342 g/mol. The van der Waals surface area contributed by atoms with Crippen molar-refractivity contribution in [3.8, 4) is 0 Å². The zero-order valence-electron chi connectivity index (χ0n) is 15.5. The summed E-state index contributed by atoms with van der Waals surface area (Å²) in [4.78, 5) is 30.4. The van der Waals surface area contributed by atoms with Crippen LogP contribution in [0.1, 0.15) is 28.6 Å². The molecule has 2 rings (SSSR count). The lowest BCUT2D eigenvalue weighted by atomic mass is 10.0. The van der Waals surface area contributed by atoms with E-state index < -0.39 is 0 Å². The predicted molar refractivity (Wildman–Crippen MR) is 98.6 cm³/mol. The number of benzene rings is 1. The van der Waals surface area contributed by atoms with Crippen molar-refractivity contribution in [2.24, 2.45) is 0 Å². The van der Waals surface area contributed by atoms with Gasteiger partial charge in [-0.15, -0.1) is 0 Å². The van der Waals surface area contributed by atoms with E-state index in [1.807, 2.05) is 63.2 Å². The van der Waals surface area contributed by atoms with Gasteiger partial charge in [-0.2, -0.15) is 4.98 Å². The van der Waals surface area contributed by atoms with Crippen LogP contribution in [0.25, 0.3) is 0 Å². The fourth-order valence-electron chi connectivity index (χ4n) is 2.96. The minimum Gasteiger partial charge on any atom is -0.353 e. The second kappa shape index (κ2) is 8.07. The van der Waals surface area contributed by atoms with Crippen molar-refractivity contribution in [1.82, 2.24) is 19.8 Å². The van der Waals surface area contributed by atoms with Crippen LogP contribution in [-0.4, -0.2) is 41.0 Å². The molecule has 0 aliphatic rings. The maximum atomic E-state index is 12.7. The van der Waals surface area contributed by atoms with Gasteiger partial charge < -0.3 is 5.32 Å². The van der Waals surface area contributed by atoms with Gasteiger partial charge in [0.1, 0.15) is 6.04 Å². The molecule has 1 aromatic carbocycles. The Hall–Kier alpha value is -2.47. The molecule has 0 fully saturated rings. The van der Waals surface area contributed by atoms with E-state index in [-0.39, 0.29) is 17.6 Å². The van der Waals surface area contributed by atoms with Gasteiger partial charge >= 0.3 is 5.69 Å². The molecule has 2 aromatic rings. The number of amides is 1. The molecule has 0 radical (unpaired) electrons. The molecule has 0 saturated heterocycles. The van der Waals surface area contributed by atoms with Gasteiger partial charge in [-0.25, -0.2) is 4.79 Å². The molecule has 0 bridgehead atoms. The van der Waals surface area contributed by atoms with Crippen molar-refractivity contribution in [2.45, 2.75) is 33.4 Å². The normalized spacial score (nSPS) is 12.2. The van der Waals surface area contributed by atoms with Crippen LogP contribution in [0.4, 0.5) is 0 Å². The quantitative estimate of drug-likeness (QED) is 0.866. The smallest absolute Gasteiger partial charge is 0.348 e. The first-order chi connectivity index (χ1) is 11.8. The summed E-state index contributed by atoms with van der Waals surface area (Å²) in [5.41, 5.74) is 3.33. The average Bonchev–Trinajstić information content (AvgIpc) is 2.49. The van der Waals surface area contributed by atoms with Gasteiger partial charge in [0.25, 0.3) is 0 Å². The van der Waals surface area contributed by atoms with Crippen LogP contribution in [0, 0.1) is 20.8 Å². The highest BCUT2D eigenvalue weighted by Gasteiger charge is 2.22. The molecule has 6 heteroatoms. The maximum Gasteiger partial charge on any atom is 0.348 e. The summed E-state index contributed by atoms with van der Waals surface area (Å²) in [5.74, 6) is -0.0821. The highest BCUT2D eigenvalue weighted by atomic mass is 16.2. The third kappa shape index (κ3) is 4.76. The minimum atomic E-state index is -0.367. The van der Waals surface area contributed by atoms with Crippen molar-refractivity contribution in [3.63, 3.8) is 0 Å². The second-order valence-electron chi connectivity index (χ2n) is 6.54. The fourth-order valence-corrected chi connectivity index (χ4v) is 2.96. The Labute approximate surface area is 148 Å². The summed E-state index contributed by atoms with van der Waals surface area (Å²) in [6.45, 7) is 6.45. The van der Waals surface area contributed by atoms with E-state index in [2.05, 4.69) is 10.3 Å². The first-order valence-corrected chi connectivity index (χ1v) is 8.35. The van der Waals surface area contributed by atoms with E-state index in [1.54, 1.807) is 11.5 Å². The van der Waals surface area contributed by atoms with Crippen LogP contribution in [-0.2, 0) is 11.3 Å². The number of aromatic nitrogens is 2. The molecule has 1 heterocycles. The van der Waals surface area contributed by atoms with Gasteiger partial charge in [0.05, 0.1) is 0 Å². The molecule has 25 heavy (non-hydrogen) atoms. The van der Waals surface area contributed by atoms with Crippen LogP contribution in [0.15, 0.2) is 35.1 Å². The average molecular weight is 342 g/mol. The lowest BCUT2D eigenvalue weighted by Crippen LogP contribution is -2.39. The van der Waals surface area contributed by atoms with Crippen molar-refractivity contribution in [1.29, 1.82) is 0 Å². The summed E-state index contributed by atoms with van der Waals surface area (Å²) in [6.07, 6.45) is 0. The van der Waals surface area contributed by atoms with Crippen LogP contribution in [0.3, 0.4) is 0 Å². The Morgan fingerprint density at radius 1 is 1.24 bits per heavy atom. The molecule has 0 saturated carbocycles. The number of nitrogens with one attached hydrogen (secondary N) is 1. The first kappa shape index (κ1) is 18.9. The highest BCUT2D eigenvalue weighted by Crippen LogP contribution is 2.19. The zero-order valence-corrected chi connectivity index (χ0v) is 15.5. The summed E-state index contributed by atoms with van der Waals surface area (Å²) >= 11 is 0. The minimum absolute atomic E-state index is 0.0821. The molecule has 0 spiro atoms. The molecule has 0 aliphatic carbocycles. The van der Waals surface area contributed by atoms with Gasteiger partial charge in [0.15, 0.2) is 0 Å². The van der Waals surface area contributed by atoms with Crippen molar-refractivity contribution in [3.05, 3.63) is 63.3 Å². The van der Waals surface area contributed by atoms with Crippen LogP contribution in [0.2, 0.25) is 0 Å². The summed E-state index contributed by atoms with van der Waals surface area (Å²) in [5, 5.41) is 2.93. The Balaban J connectivity index is 2.07. The predicted octanol–water partition coefficient (Wildman–Crippen LogP) is 1.59. The molecule has 1 amide bonds. The van der Waals surface area contributed by atoms with Gasteiger partial charge in [-0.05, 0) is 46.5 Å². The maximum absolute atomic E-state index is 12.7. The van der Waals surface area contributed by atoms with Gasteiger partial charge in [0, 0.05) is 24.5 Å². The Bertz CT molecular complexity index is 811. The highest BCUT2D eigenvalue weighted by molar-refractivity contribution is 5.83. The Morgan fingerprint density at radius 3 is 2.56 bits per heavy atom. The molecule has 1 atom stereocenters. The second-order valence-corrected chi connectivity index (χ2v) is 6.54. The summed E-state index contributed by atoms with van der Waals surface area (Å²) in [6, 6.07) is 9.43. The number of carbonyl (C=O) groups excluding carboxylic acids is 1. The largest absolute Gasteiger partial charge is 0.353 e. The summed E-state index contributed by atoms with van der Waals surface area (Å²) in [7, 11) is 3.76. The topological polar surface area (TPSA) is 67.2 Å². The van der Waals surface area contributed by atoms with Crippen LogP contribution < -0.4 is 11.0 Å². The molecule has 1 N–H and O–H groups in total. The van der Waals surface area contributed by atoms with Crippen molar-refractivity contribution >= 4 is 5.91 Å². The van der Waals surface area contributed by atoms with E-state index in [0.717, 1.165) is 16.8 Å². The van der Waals surface area contributed by atoms with E-state index in [0.29, 0.717) is 18.8 Å². The number of aryl methyl sites for hydroxylation is 3.